The molecule has 1 amide bonds. The van der Waals surface area contributed by atoms with Crippen LogP contribution in [0.5, 0.6) is 5.75 Å². The molecule has 8 nitrogen and oxygen atoms in total. The standard InChI is InChI=1S/C19H20N4O4/c1-3-6-16-21-19(27-22-16)13-9-10-18(25)23(11-13)12-17(24)20-14-7-4-5-8-15(14)26-2/h4-5,7-11H,3,6,12H2,1-2H3,(H,20,24). The van der Waals surface area contributed by atoms with Crippen LogP contribution in [0.1, 0.15) is 19.2 Å². The van der Waals surface area contributed by atoms with Crippen molar-refractivity contribution in [1.82, 2.24) is 14.7 Å². The Labute approximate surface area is 155 Å². The molecule has 0 aliphatic heterocycles. The number of rotatable bonds is 7. The Morgan fingerprint density at radius 3 is 2.85 bits per heavy atom. The zero-order valence-corrected chi connectivity index (χ0v) is 15.1. The highest BCUT2D eigenvalue weighted by molar-refractivity contribution is 5.92. The Morgan fingerprint density at radius 2 is 2.07 bits per heavy atom. The van der Waals surface area contributed by atoms with E-state index in [2.05, 4.69) is 15.5 Å². The maximum atomic E-state index is 12.4. The summed E-state index contributed by atoms with van der Waals surface area (Å²) in [5.74, 6) is 1.12. The first kappa shape index (κ1) is 18.4. The second kappa shape index (κ2) is 8.31. The highest BCUT2D eigenvalue weighted by Gasteiger charge is 2.12. The number of aromatic nitrogens is 3. The summed E-state index contributed by atoms with van der Waals surface area (Å²) in [5.41, 5.74) is 0.812. The molecule has 0 saturated heterocycles. The van der Waals surface area contributed by atoms with E-state index in [1.165, 1.54) is 23.9 Å². The molecule has 3 rings (SSSR count). The molecule has 0 fully saturated rings. The van der Waals surface area contributed by atoms with Crippen LogP contribution in [0.4, 0.5) is 5.69 Å². The minimum Gasteiger partial charge on any atom is -0.495 e. The molecule has 2 heterocycles. The van der Waals surface area contributed by atoms with Crippen LogP contribution in [-0.2, 0) is 17.8 Å². The molecule has 0 bridgehead atoms. The van der Waals surface area contributed by atoms with Gasteiger partial charge in [-0.3, -0.25) is 9.59 Å². The number of ether oxygens (including phenoxy) is 1. The van der Waals surface area contributed by atoms with Crippen LogP contribution >= 0.6 is 0 Å². The van der Waals surface area contributed by atoms with Crippen molar-refractivity contribution in [3.05, 3.63) is 58.8 Å². The van der Waals surface area contributed by atoms with Gasteiger partial charge in [-0.15, -0.1) is 0 Å². The lowest BCUT2D eigenvalue weighted by atomic mass is 10.2. The van der Waals surface area contributed by atoms with Gasteiger partial charge in [-0.25, -0.2) is 0 Å². The normalized spacial score (nSPS) is 10.6. The molecular weight excluding hydrogens is 348 g/mol. The second-order valence-electron chi connectivity index (χ2n) is 5.90. The average Bonchev–Trinajstić information content (AvgIpc) is 3.13. The first-order chi connectivity index (χ1) is 13.1. The number of hydrogen-bond acceptors (Lipinski definition) is 6. The van der Waals surface area contributed by atoms with Crippen molar-refractivity contribution in [3.63, 3.8) is 0 Å². The third-order valence-corrected chi connectivity index (χ3v) is 3.87. The van der Waals surface area contributed by atoms with Crippen LogP contribution in [0.2, 0.25) is 0 Å². The number of benzene rings is 1. The van der Waals surface area contributed by atoms with Crippen molar-refractivity contribution in [2.75, 3.05) is 12.4 Å². The van der Waals surface area contributed by atoms with Crippen LogP contribution in [-0.4, -0.2) is 27.7 Å². The summed E-state index contributed by atoms with van der Waals surface area (Å²) in [6.07, 6.45) is 3.15. The fraction of sp³-hybridized carbons (Fsp3) is 0.263. The van der Waals surface area contributed by atoms with E-state index >= 15 is 0 Å². The SMILES string of the molecule is CCCc1noc(-c2ccc(=O)n(CC(=O)Nc3ccccc3OC)c2)n1. The fourth-order valence-corrected chi connectivity index (χ4v) is 2.57. The largest absolute Gasteiger partial charge is 0.495 e. The molecule has 2 aromatic heterocycles. The quantitative estimate of drug-likeness (QED) is 0.688. The van der Waals surface area contributed by atoms with E-state index in [9.17, 15) is 9.59 Å². The predicted octanol–water partition coefficient (Wildman–Crippen LogP) is 2.50. The number of carbonyl (C=O) groups excluding carboxylic acids is 1. The van der Waals surface area contributed by atoms with Gasteiger partial charge in [0.05, 0.1) is 18.4 Å². The van der Waals surface area contributed by atoms with Crippen molar-refractivity contribution in [1.29, 1.82) is 0 Å². The van der Waals surface area contributed by atoms with Gasteiger partial charge in [-0.2, -0.15) is 4.98 Å². The molecule has 140 valence electrons. The molecular formula is C19H20N4O4. The number of nitrogens with one attached hydrogen (secondary N) is 1. The maximum absolute atomic E-state index is 12.4. The molecule has 0 aliphatic carbocycles. The number of hydrogen-bond donors (Lipinski definition) is 1. The third kappa shape index (κ3) is 4.41. The van der Waals surface area contributed by atoms with Gasteiger partial charge in [-0.05, 0) is 24.6 Å². The Kier molecular flexibility index (Phi) is 5.65. The van der Waals surface area contributed by atoms with E-state index in [0.717, 1.165) is 6.42 Å². The van der Waals surface area contributed by atoms with Crippen molar-refractivity contribution >= 4 is 11.6 Å². The van der Waals surface area contributed by atoms with Crippen LogP contribution in [0.25, 0.3) is 11.5 Å². The fourth-order valence-electron chi connectivity index (χ4n) is 2.57. The topological polar surface area (TPSA) is 99.2 Å². The van der Waals surface area contributed by atoms with Crippen molar-refractivity contribution in [2.24, 2.45) is 0 Å². The molecule has 0 radical (unpaired) electrons. The first-order valence-corrected chi connectivity index (χ1v) is 8.57. The monoisotopic (exact) mass is 368 g/mol. The van der Waals surface area contributed by atoms with E-state index in [4.69, 9.17) is 9.26 Å². The summed E-state index contributed by atoms with van der Waals surface area (Å²) in [4.78, 5) is 28.8. The molecule has 27 heavy (non-hydrogen) atoms. The number of carbonyl (C=O) groups is 1. The van der Waals surface area contributed by atoms with Gasteiger partial charge in [0.2, 0.25) is 5.91 Å². The van der Waals surface area contributed by atoms with Crippen LogP contribution in [0.15, 0.2) is 51.9 Å². The van der Waals surface area contributed by atoms with E-state index < -0.39 is 0 Å². The van der Waals surface area contributed by atoms with Gasteiger partial charge in [-0.1, -0.05) is 24.2 Å². The van der Waals surface area contributed by atoms with Crippen LogP contribution in [0.3, 0.4) is 0 Å². The van der Waals surface area contributed by atoms with Crippen LogP contribution in [0, 0.1) is 0 Å². The summed E-state index contributed by atoms with van der Waals surface area (Å²) in [7, 11) is 1.52. The molecule has 0 unspecified atom stereocenters. The highest BCUT2D eigenvalue weighted by Crippen LogP contribution is 2.23. The third-order valence-electron chi connectivity index (χ3n) is 3.87. The molecule has 1 N–H and O–H groups in total. The average molecular weight is 368 g/mol. The Morgan fingerprint density at radius 1 is 1.26 bits per heavy atom. The minimum atomic E-state index is -0.351. The Balaban J connectivity index is 1.78. The predicted molar refractivity (Wildman–Crippen MR) is 99.6 cm³/mol. The van der Waals surface area contributed by atoms with E-state index in [-0.39, 0.29) is 18.0 Å². The Hall–Kier alpha value is -3.42. The molecule has 1 aromatic carbocycles. The van der Waals surface area contributed by atoms with Gasteiger partial charge < -0.3 is 19.1 Å². The Bertz CT molecular complexity index is 993. The number of aryl methyl sites for hydroxylation is 1. The lowest BCUT2D eigenvalue weighted by Gasteiger charge is -2.11. The van der Waals surface area contributed by atoms with Gasteiger partial charge in [0.1, 0.15) is 12.3 Å². The number of methoxy groups -OCH3 is 1. The molecule has 0 atom stereocenters. The molecule has 0 aliphatic rings. The summed E-state index contributed by atoms with van der Waals surface area (Å²) >= 11 is 0. The molecule has 0 spiro atoms. The lowest BCUT2D eigenvalue weighted by molar-refractivity contribution is -0.116. The van der Waals surface area contributed by atoms with Gasteiger partial charge in [0.15, 0.2) is 5.82 Å². The smallest absolute Gasteiger partial charge is 0.259 e. The summed E-state index contributed by atoms with van der Waals surface area (Å²) in [6, 6.07) is 10.0. The van der Waals surface area contributed by atoms with Gasteiger partial charge in [0, 0.05) is 18.7 Å². The van der Waals surface area contributed by atoms with E-state index in [1.807, 2.05) is 6.92 Å². The first-order valence-electron chi connectivity index (χ1n) is 8.57. The van der Waals surface area contributed by atoms with Crippen molar-refractivity contribution < 1.29 is 14.1 Å². The van der Waals surface area contributed by atoms with Crippen molar-refractivity contribution in [3.8, 4) is 17.2 Å². The molecule has 8 heteroatoms. The number of amides is 1. The van der Waals surface area contributed by atoms with Crippen molar-refractivity contribution in [2.45, 2.75) is 26.3 Å². The van der Waals surface area contributed by atoms with Crippen LogP contribution < -0.4 is 15.6 Å². The number of para-hydroxylation sites is 2. The summed E-state index contributed by atoms with van der Waals surface area (Å²) < 4.78 is 11.7. The zero-order valence-electron chi connectivity index (χ0n) is 15.1. The van der Waals surface area contributed by atoms with Gasteiger partial charge in [0.25, 0.3) is 11.4 Å². The number of anilines is 1. The minimum absolute atomic E-state index is 0.152. The summed E-state index contributed by atoms with van der Waals surface area (Å²) in [5, 5.41) is 6.65. The zero-order chi connectivity index (χ0) is 19.2. The maximum Gasteiger partial charge on any atom is 0.259 e. The number of nitrogens with zero attached hydrogens (tertiary/aromatic N) is 3. The summed E-state index contributed by atoms with van der Waals surface area (Å²) in [6.45, 7) is 1.87. The molecule has 0 saturated carbocycles. The number of pyridine rings is 1. The molecule has 3 aromatic rings. The van der Waals surface area contributed by atoms with Gasteiger partial charge >= 0.3 is 0 Å². The van der Waals surface area contributed by atoms with E-state index in [1.54, 1.807) is 30.3 Å². The lowest BCUT2D eigenvalue weighted by Crippen LogP contribution is -2.27. The highest BCUT2D eigenvalue weighted by atomic mass is 16.5. The van der Waals surface area contributed by atoms with E-state index in [0.29, 0.717) is 35.1 Å². The second-order valence-corrected chi connectivity index (χ2v) is 5.90.